The van der Waals surface area contributed by atoms with E-state index in [1.807, 2.05) is 49.9 Å². The van der Waals surface area contributed by atoms with Crippen molar-refractivity contribution in [3.05, 3.63) is 24.3 Å². The molecule has 1 N–H and O–H groups in total. The predicted molar refractivity (Wildman–Crippen MR) is 77.5 cm³/mol. The number of methoxy groups -OCH3 is 1. The molecule has 0 amide bonds. The van der Waals surface area contributed by atoms with Crippen LogP contribution in [0.3, 0.4) is 0 Å². The van der Waals surface area contributed by atoms with E-state index in [0.29, 0.717) is 13.2 Å². The van der Waals surface area contributed by atoms with Crippen molar-refractivity contribution >= 4 is 5.97 Å². The van der Waals surface area contributed by atoms with Crippen LogP contribution in [-0.4, -0.2) is 48.3 Å². The summed E-state index contributed by atoms with van der Waals surface area (Å²) < 4.78 is 10.7. The summed E-state index contributed by atoms with van der Waals surface area (Å²) in [6.07, 6.45) is 0. The Bertz CT molecular complexity index is 422. The van der Waals surface area contributed by atoms with E-state index in [9.17, 15) is 4.79 Å². The molecule has 112 valence electrons. The average Bonchev–Trinajstić information content (AvgIpc) is 2.37. The maximum Gasteiger partial charge on any atom is 0.317 e. The molecule has 0 aliphatic rings. The molecule has 0 spiro atoms. The summed E-state index contributed by atoms with van der Waals surface area (Å²) >= 11 is 0. The largest absolute Gasteiger partial charge is 0.497 e. The molecule has 1 rings (SSSR count). The van der Waals surface area contributed by atoms with Crippen molar-refractivity contribution in [1.82, 2.24) is 4.90 Å². The molecular formula is C15H23NO4. The van der Waals surface area contributed by atoms with Gasteiger partial charge in [-0.05, 0) is 45.0 Å². The Morgan fingerprint density at radius 1 is 1.20 bits per heavy atom. The highest BCUT2D eigenvalue weighted by Gasteiger charge is 2.23. The van der Waals surface area contributed by atoms with E-state index in [2.05, 4.69) is 0 Å². The molecule has 0 radical (unpaired) electrons. The van der Waals surface area contributed by atoms with Gasteiger partial charge in [0.15, 0.2) is 0 Å². The summed E-state index contributed by atoms with van der Waals surface area (Å²) in [6.45, 7) is 6.98. The van der Waals surface area contributed by atoms with Gasteiger partial charge in [-0.15, -0.1) is 0 Å². The number of benzene rings is 1. The van der Waals surface area contributed by atoms with Crippen LogP contribution in [0.15, 0.2) is 24.3 Å². The Morgan fingerprint density at radius 3 is 2.20 bits per heavy atom. The monoisotopic (exact) mass is 281 g/mol. The Kier molecular flexibility index (Phi) is 5.82. The van der Waals surface area contributed by atoms with E-state index in [-0.39, 0.29) is 12.1 Å². The SMILES string of the molecule is COc1ccc(OCCN(CC(=O)O)C(C)(C)C)cc1. The molecule has 1 aromatic carbocycles. The standard InChI is InChI=1S/C15H23NO4/c1-15(2,3)16(11-14(17)18)9-10-20-13-7-5-12(19-4)6-8-13/h5-8H,9-11H2,1-4H3,(H,17,18). The second-order valence-corrected chi connectivity index (χ2v) is 5.51. The van der Waals surface area contributed by atoms with Crippen LogP contribution in [0, 0.1) is 0 Å². The third kappa shape index (κ3) is 5.48. The lowest BCUT2D eigenvalue weighted by Gasteiger charge is -2.34. The van der Waals surface area contributed by atoms with Gasteiger partial charge in [-0.25, -0.2) is 0 Å². The minimum absolute atomic E-state index is 0.00940. The second-order valence-electron chi connectivity index (χ2n) is 5.51. The Balaban J connectivity index is 2.49. The van der Waals surface area contributed by atoms with Gasteiger partial charge in [0.2, 0.25) is 0 Å². The van der Waals surface area contributed by atoms with Crippen molar-refractivity contribution in [2.75, 3.05) is 26.8 Å². The first kappa shape index (κ1) is 16.3. The van der Waals surface area contributed by atoms with Gasteiger partial charge >= 0.3 is 5.97 Å². The number of aliphatic carboxylic acids is 1. The summed E-state index contributed by atoms with van der Waals surface area (Å²) in [5.74, 6) is 0.693. The maximum absolute atomic E-state index is 10.9. The van der Waals surface area contributed by atoms with Crippen LogP contribution in [0.5, 0.6) is 11.5 Å². The summed E-state index contributed by atoms with van der Waals surface area (Å²) in [5.41, 5.74) is -0.207. The van der Waals surface area contributed by atoms with Crippen molar-refractivity contribution in [1.29, 1.82) is 0 Å². The molecule has 0 saturated carbocycles. The summed E-state index contributed by atoms with van der Waals surface area (Å²) in [6, 6.07) is 7.32. The van der Waals surface area contributed by atoms with Crippen LogP contribution in [0.25, 0.3) is 0 Å². The van der Waals surface area contributed by atoms with Gasteiger partial charge in [0, 0.05) is 12.1 Å². The van der Waals surface area contributed by atoms with Gasteiger partial charge in [-0.3, -0.25) is 9.69 Å². The number of hydrogen-bond acceptors (Lipinski definition) is 4. The number of carbonyl (C=O) groups is 1. The number of carboxylic acid groups (broad SMARTS) is 1. The van der Waals surface area contributed by atoms with Gasteiger partial charge in [0.05, 0.1) is 13.7 Å². The molecule has 0 aromatic heterocycles. The highest BCUT2D eigenvalue weighted by atomic mass is 16.5. The van der Waals surface area contributed by atoms with Crippen molar-refractivity contribution in [2.24, 2.45) is 0 Å². The Hall–Kier alpha value is -1.75. The first-order valence-corrected chi connectivity index (χ1v) is 6.56. The number of ether oxygens (including phenoxy) is 2. The molecule has 0 aliphatic carbocycles. The van der Waals surface area contributed by atoms with E-state index in [4.69, 9.17) is 14.6 Å². The lowest BCUT2D eigenvalue weighted by molar-refractivity contribution is -0.139. The van der Waals surface area contributed by atoms with Crippen LogP contribution in [-0.2, 0) is 4.79 Å². The van der Waals surface area contributed by atoms with Crippen molar-refractivity contribution in [3.8, 4) is 11.5 Å². The molecule has 0 aliphatic heterocycles. The molecule has 0 fully saturated rings. The fourth-order valence-electron chi connectivity index (χ4n) is 1.76. The van der Waals surface area contributed by atoms with Gasteiger partial charge in [0.1, 0.15) is 18.1 Å². The zero-order valence-electron chi connectivity index (χ0n) is 12.5. The third-order valence-electron chi connectivity index (χ3n) is 2.96. The Labute approximate surface area is 120 Å². The number of hydrogen-bond donors (Lipinski definition) is 1. The van der Waals surface area contributed by atoms with Crippen molar-refractivity contribution < 1.29 is 19.4 Å². The van der Waals surface area contributed by atoms with E-state index in [1.165, 1.54) is 0 Å². The van der Waals surface area contributed by atoms with Crippen LogP contribution in [0.4, 0.5) is 0 Å². The highest BCUT2D eigenvalue weighted by molar-refractivity contribution is 5.69. The Morgan fingerprint density at radius 2 is 1.75 bits per heavy atom. The zero-order chi connectivity index (χ0) is 15.2. The molecule has 5 nitrogen and oxygen atoms in total. The first-order chi connectivity index (χ1) is 9.32. The number of rotatable bonds is 7. The van der Waals surface area contributed by atoms with Crippen LogP contribution >= 0.6 is 0 Å². The van der Waals surface area contributed by atoms with Crippen LogP contribution in [0.1, 0.15) is 20.8 Å². The first-order valence-electron chi connectivity index (χ1n) is 6.56. The molecule has 0 heterocycles. The third-order valence-corrected chi connectivity index (χ3v) is 2.96. The fraction of sp³-hybridized carbons (Fsp3) is 0.533. The molecule has 5 heteroatoms. The quantitative estimate of drug-likeness (QED) is 0.830. The van der Waals surface area contributed by atoms with Gasteiger partial charge < -0.3 is 14.6 Å². The van der Waals surface area contributed by atoms with Gasteiger partial charge in [-0.1, -0.05) is 0 Å². The number of carboxylic acids is 1. The fourth-order valence-corrected chi connectivity index (χ4v) is 1.76. The van der Waals surface area contributed by atoms with Crippen molar-refractivity contribution in [2.45, 2.75) is 26.3 Å². The molecule has 20 heavy (non-hydrogen) atoms. The zero-order valence-corrected chi connectivity index (χ0v) is 12.5. The average molecular weight is 281 g/mol. The van der Waals surface area contributed by atoms with Gasteiger partial charge in [-0.2, -0.15) is 0 Å². The molecule has 1 aromatic rings. The van der Waals surface area contributed by atoms with Crippen molar-refractivity contribution in [3.63, 3.8) is 0 Å². The summed E-state index contributed by atoms with van der Waals surface area (Å²) in [7, 11) is 1.61. The van der Waals surface area contributed by atoms with E-state index in [0.717, 1.165) is 11.5 Å². The van der Waals surface area contributed by atoms with E-state index in [1.54, 1.807) is 7.11 Å². The lowest BCUT2D eigenvalue weighted by atomic mass is 10.1. The maximum atomic E-state index is 10.9. The minimum Gasteiger partial charge on any atom is -0.497 e. The minimum atomic E-state index is -0.829. The summed E-state index contributed by atoms with van der Waals surface area (Å²) in [4.78, 5) is 12.7. The van der Waals surface area contributed by atoms with E-state index >= 15 is 0 Å². The predicted octanol–water partition coefficient (Wildman–Crippen LogP) is 2.26. The second kappa shape index (κ2) is 7.14. The smallest absolute Gasteiger partial charge is 0.317 e. The molecule has 0 atom stereocenters. The molecule has 0 unspecified atom stereocenters. The highest BCUT2D eigenvalue weighted by Crippen LogP contribution is 2.17. The van der Waals surface area contributed by atoms with Gasteiger partial charge in [0.25, 0.3) is 0 Å². The van der Waals surface area contributed by atoms with Crippen LogP contribution < -0.4 is 9.47 Å². The molecule has 0 saturated heterocycles. The van der Waals surface area contributed by atoms with E-state index < -0.39 is 5.97 Å². The molecular weight excluding hydrogens is 258 g/mol. The summed E-state index contributed by atoms with van der Waals surface area (Å²) in [5, 5.41) is 8.92. The lowest BCUT2D eigenvalue weighted by Crippen LogP contribution is -2.46. The molecule has 0 bridgehead atoms. The van der Waals surface area contributed by atoms with Crippen LogP contribution in [0.2, 0.25) is 0 Å². The topological polar surface area (TPSA) is 59.0 Å². The normalized spacial score (nSPS) is 11.4. The number of nitrogens with zero attached hydrogens (tertiary/aromatic N) is 1.